The standard InChI is InChI=1S/C13H12N3O2/c1-2-18-13(17)10-8-15-12(16-11(10)14)9-6-4-3-5-7-9/h3-7H,2H2,1H3,(H2,14,15,16). The number of hydrogen-bond acceptors (Lipinski definition) is 5. The Hall–Kier alpha value is -2.43. The summed E-state index contributed by atoms with van der Waals surface area (Å²) in [5.41, 5.74) is 6.59. The van der Waals surface area contributed by atoms with Gasteiger partial charge in [-0.3, -0.25) is 0 Å². The fourth-order valence-corrected chi connectivity index (χ4v) is 1.43. The summed E-state index contributed by atoms with van der Waals surface area (Å²) in [7, 11) is 0. The first-order valence-electron chi connectivity index (χ1n) is 5.50. The number of nitrogen functional groups attached to an aromatic ring is 1. The highest BCUT2D eigenvalue weighted by Crippen LogP contribution is 2.17. The second kappa shape index (κ2) is 5.27. The van der Waals surface area contributed by atoms with Crippen LogP contribution >= 0.6 is 0 Å². The van der Waals surface area contributed by atoms with Gasteiger partial charge in [0.25, 0.3) is 0 Å². The van der Waals surface area contributed by atoms with Gasteiger partial charge in [0.15, 0.2) is 5.82 Å². The van der Waals surface area contributed by atoms with Crippen molar-refractivity contribution in [2.24, 2.45) is 0 Å². The Morgan fingerprint density at radius 1 is 1.39 bits per heavy atom. The number of carbonyl (C=O) groups excluding carboxylic acids is 1. The van der Waals surface area contributed by atoms with Crippen molar-refractivity contribution in [3.05, 3.63) is 42.1 Å². The average molecular weight is 242 g/mol. The number of esters is 1. The van der Waals surface area contributed by atoms with E-state index in [4.69, 9.17) is 10.5 Å². The van der Waals surface area contributed by atoms with Crippen molar-refractivity contribution < 1.29 is 9.53 Å². The van der Waals surface area contributed by atoms with Crippen molar-refractivity contribution in [2.45, 2.75) is 6.92 Å². The predicted octanol–water partition coefficient (Wildman–Crippen LogP) is 1.70. The van der Waals surface area contributed by atoms with Gasteiger partial charge in [0.1, 0.15) is 17.6 Å². The molecule has 0 fully saturated rings. The minimum atomic E-state index is -0.561. The van der Waals surface area contributed by atoms with Gasteiger partial charge in [-0.2, -0.15) is 0 Å². The van der Waals surface area contributed by atoms with E-state index in [1.807, 2.05) is 30.3 Å². The first-order valence-corrected chi connectivity index (χ1v) is 5.50. The number of nitrogens with two attached hydrogens (primary N) is 1. The summed E-state index contributed by atoms with van der Waals surface area (Å²) < 4.78 is 4.82. The molecule has 2 rings (SSSR count). The Balaban J connectivity index is 2.34. The van der Waals surface area contributed by atoms with Crippen LogP contribution in [0.2, 0.25) is 0 Å². The van der Waals surface area contributed by atoms with Gasteiger partial charge in [-0.1, -0.05) is 30.3 Å². The van der Waals surface area contributed by atoms with Crippen molar-refractivity contribution >= 4 is 11.8 Å². The topological polar surface area (TPSA) is 78.1 Å². The molecule has 0 atom stereocenters. The number of nitrogens with zero attached hydrogens (tertiary/aromatic N) is 2. The second-order valence-corrected chi connectivity index (χ2v) is 3.51. The molecular weight excluding hydrogens is 230 g/mol. The summed E-state index contributed by atoms with van der Waals surface area (Å²) in [4.78, 5) is 19.6. The Morgan fingerprint density at radius 2 is 2.11 bits per heavy atom. The normalized spacial score (nSPS) is 10.1. The maximum atomic E-state index is 11.5. The SMILES string of the molecule is CCOC(=O)c1[c]nc(-c2ccccc2)nc1N. The van der Waals surface area contributed by atoms with E-state index in [1.54, 1.807) is 6.92 Å². The molecule has 2 aromatic rings. The van der Waals surface area contributed by atoms with Gasteiger partial charge in [0.05, 0.1) is 6.61 Å². The van der Waals surface area contributed by atoms with Crippen LogP contribution in [0.5, 0.6) is 0 Å². The van der Waals surface area contributed by atoms with Crippen molar-refractivity contribution in [3.63, 3.8) is 0 Å². The third-order valence-corrected chi connectivity index (χ3v) is 2.27. The molecular formula is C13H12N3O2. The summed E-state index contributed by atoms with van der Waals surface area (Å²) in [6, 6.07) is 9.34. The Bertz CT molecular complexity index is 555. The molecule has 0 unspecified atom stereocenters. The van der Waals surface area contributed by atoms with Crippen molar-refractivity contribution in [1.82, 2.24) is 9.97 Å². The van der Waals surface area contributed by atoms with Crippen molar-refractivity contribution in [1.29, 1.82) is 0 Å². The van der Waals surface area contributed by atoms with Crippen LogP contribution in [0.15, 0.2) is 30.3 Å². The van der Waals surface area contributed by atoms with Gasteiger partial charge in [-0.25, -0.2) is 14.8 Å². The van der Waals surface area contributed by atoms with Gasteiger partial charge < -0.3 is 10.5 Å². The number of carbonyl (C=O) groups is 1. The molecule has 2 N–H and O–H groups in total. The number of hydrogen-bond donors (Lipinski definition) is 1. The third kappa shape index (κ3) is 2.45. The molecule has 0 aliphatic heterocycles. The van der Waals surface area contributed by atoms with E-state index >= 15 is 0 Å². The molecule has 0 bridgehead atoms. The van der Waals surface area contributed by atoms with Crippen LogP contribution in [0, 0.1) is 6.20 Å². The molecule has 0 spiro atoms. The smallest absolute Gasteiger partial charge is 0.344 e. The van der Waals surface area contributed by atoms with E-state index in [2.05, 4.69) is 16.2 Å². The van der Waals surface area contributed by atoms with E-state index in [1.165, 1.54) is 0 Å². The number of aromatic nitrogens is 2. The Kier molecular flexibility index (Phi) is 3.52. The molecule has 0 amide bonds. The van der Waals surface area contributed by atoms with E-state index in [9.17, 15) is 4.79 Å². The lowest BCUT2D eigenvalue weighted by Gasteiger charge is -2.05. The molecule has 1 aromatic carbocycles. The minimum Gasteiger partial charge on any atom is -0.462 e. The highest BCUT2D eigenvalue weighted by molar-refractivity contribution is 5.93. The molecule has 0 saturated heterocycles. The van der Waals surface area contributed by atoms with Gasteiger partial charge >= 0.3 is 5.97 Å². The lowest BCUT2D eigenvalue weighted by Crippen LogP contribution is -2.11. The quantitative estimate of drug-likeness (QED) is 0.829. The Morgan fingerprint density at radius 3 is 2.72 bits per heavy atom. The molecule has 5 nitrogen and oxygen atoms in total. The number of ether oxygens (including phenoxy) is 1. The van der Waals surface area contributed by atoms with E-state index in [0.29, 0.717) is 5.82 Å². The number of anilines is 1. The lowest BCUT2D eigenvalue weighted by atomic mass is 10.2. The monoisotopic (exact) mass is 242 g/mol. The van der Waals surface area contributed by atoms with Gasteiger partial charge in [0.2, 0.25) is 0 Å². The van der Waals surface area contributed by atoms with Crippen LogP contribution in [-0.4, -0.2) is 22.5 Å². The maximum absolute atomic E-state index is 11.5. The average Bonchev–Trinajstić information content (AvgIpc) is 2.40. The molecule has 1 heterocycles. The molecule has 91 valence electrons. The zero-order chi connectivity index (χ0) is 13.0. The zero-order valence-electron chi connectivity index (χ0n) is 9.88. The van der Waals surface area contributed by atoms with Crippen molar-refractivity contribution in [3.8, 4) is 11.4 Å². The largest absolute Gasteiger partial charge is 0.462 e. The molecule has 0 aliphatic carbocycles. The lowest BCUT2D eigenvalue weighted by molar-refractivity contribution is 0.0526. The van der Waals surface area contributed by atoms with E-state index in [0.717, 1.165) is 5.56 Å². The second-order valence-electron chi connectivity index (χ2n) is 3.51. The van der Waals surface area contributed by atoms with Crippen LogP contribution < -0.4 is 5.73 Å². The van der Waals surface area contributed by atoms with E-state index < -0.39 is 5.97 Å². The van der Waals surface area contributed by atoms with Crippen LogP contribution in [0.1, 0.15) is 17.3 Å². The summed E-state index contributed by atoms with van der Waals surface area (Å²) in [6.45, 7) is 1.99. The molecule has 1 radical (unpaired) electrons. The minimum absolute atomic E-state index is 0.0662. The first kappa shape index (κ1) is 12.0. The predicted molar refractivity (Wildman–Crippen MR) is 66.7 cm³/mol. The third-order valence-electron chi connectivity index (χ3n) is 2.27. The zero-order valence-corrected chi connectivity index (χ0v) is 9.88. The van der Waals surface area contributed by atoms with E-state index in [-0.39, 0.29) is 18.0 Å². The summed E-state index contributed by atoms with van der Waals surface area (Å²) in [6.07, 6.45) is 2.58. The Labute approximate surface area is 105 Å². The summed E-state index contributed by atoms with van der Waals surface area (Å²) >= 11 is 0. The summed E-state index contributed by atoms with van der Waals surface area (Å²) in [5, 5.41) is 0. The molecule has 0 saturated carbocycles. The number of rotatable bonds is 3. The molecule has 5 heteroatoms. The first-order chi connectivity index (χ1) is 8.72. The van der Waals surface area contributed by atoms with Crippen molar-refractivity contribution in [2.75, 3.05) is 12.3 Å². The fraction of sp³-hybridized carbons (Fsp3) is 0.154. The molecule has 1 aromatic heterocycles. The molecule has 18 heavy (non-hydrogen) atoms. The number of benzene rings is 1. The van der Waals surface area contributed by atoms with Crippen LogP contribution in [0.25, 0.3) is 11.4 Å². The van der Waals surface area contributed by atoms with Gasteiger partial charge in [-0.05, 0) is 6.92 Å². The maximum Gasteiger partial charge on any atom is 0.344 e. The summed E-state index contributed by atoms with van der Waals surface area (Å²) in [5.74, 6) is -0.0573. The highest BCUT2D eigenvalue weighted by atomic mass is 16.5. The van der Waals surface area contributed by atoms with Crippen LogP contribution in [0.4, 0.5) is 5.82 Å². The van der Waals surface area contributed by atoms with Gasteiger partial charge in [0, 0.05) is 5.56 Å². The highest BCUT2D eigenvalue weighted by Gasteiger charge is 2.14. The van der Waals surface area contributed by atoms with Crippen LogP contribution in [0.3, 0.4) is 0 Å². The molecule has 0 aliphatic rings. The van der Waals surface area contributed by atoms with Gasteiger partial charge in [-0.15, -0.1) is 0 Å². The van der Waals surface area contributed by atoms with Crippen LogP contribution in [-0.2, 0) is 4.74 Å². The fourth-order valence-electron chi connectivity index (χ4n) is 1.43.